The number of fused-ring (bicyclic) bond motifs is 1. The molecule has 0 saturated heterocycles. The summed E-state index contributed by atoms with van der Waals surface area (Å²) >= 11 is 7.52. The zero-order valence-corrected chi connectivity index (χ0v) is 15.6. The van der Waals surface area contributed by atoms with Crippen LogP contribution in [0.25, 0.3) is 21.3 Å². The third-order valence-corrected chi connectivity index (χ3v) is 5.33. The Hall–Kier alpha value is -2.63. The highest BCUT2D eigenvalue weighted by molar-refractivity contribution is 7.17. The highest BCUT2D eigenvalue weighted by Crippen LogP contribution is 2.31. The monoisotopic (exact) mass is 382 g/mol. The lowest BCUT2D eigenvalue weighted by molar-refractivity contribution is 0.415. The van der Waals surface area contributed by atoms with Gasteiger partial charge in [-0.3, -0.25) is 9.36 Å². The summed E-state index contributed by atoms with van der Waals surface area (Å²) in [6.07, 6.45) is 1.60. The number of methoxy groups -OCH3 is 1. The Morgan fingerprint density at radius 2 is 2.00 bits per heavy atom. The van der Waals surface area contributed by atoms with Crippen LogP contribution in [0.1, 0.15) is 5.56 Å². The largest absolute Gasteiger partial charge is 0.497 e. The molecule has 4 nitrogen and oxygen atoms in total. The van der Waals surface area contributed by atoms with Crippen LogP contribution in [-0.4, -0.2) is 16.7 Å². The number of nitrogens with zero attached hydrogens (tertiary/aromatic N) is 2. The molecule has 0 atom stereocenters. The molecule has 0 N–H and O–H groups in total. The molecular weight excluding hydrogens is 368 g/mol. The molecular formula is C20H15ClN2O2S. The van der Waals surface area contributed by atoms with Crippen molar-refractivity contribution in [3.05, 3.63) is 81.2 Å². The molecule has 0 unspecified atom stereocenters. The number of ether oxygens (including phenoxy) is 1. The first-order valence-electron chi connectivity index (χ1n) is 8.01. The number of hydrogen-bond donors (Lipinski definition) is 0. The summed E-state index contributed by atoms with van der Waals surface area (Å²) in [5.74, 6) is 0.782. The van der Waals surface area contributed by atoms with Crippen molar-refractivity contribution < 1.29 is 4.74 Å². The molecule has 4 aromatic rings. The van der Waals surface area contributed by atoms with Gasteiger partial charge in [-0.1, -0.05) is 35.9 Å². The van der Waals surface area contributed by atoms with Gasteiger partial charge in [0.25, 0.3) is 5.56 Å². The second-order valence-electron chi connectivity index (χ2n) is 5.87. The molecule has 0 aliphatic carbocycles. The van der Waals surface area contributed by atoms with Gasteiger partial charge in [-0.25, -0.2) is 4.98 Å². The molecule has 2 heterocycles. The highest BCUT2D eigenvalue weighted by Gasteiger charge is 2.13. The van der Waals surface area contributed by atoms with E-state index >= 15 is 0 Å². The quantitative estimate of drug-likeness (QED) is 0.507. The standard InChI is InChI=1S/C20H15ClN2O2S/c1-25-16-7-5-14(6-8-16)17-11-26-19-18(17)20(24)23(12-22-19)10-13-3-2-4-15(21)9-13/h2-9,11-12H,10H2,1H3. The van der Waals surface area contributed by atoms with Crippen molar-refractivity contribution in [3.63, 3.8) is 0 Å². The number of rotatable bonds is 4. The Morgan fingerprint density at radius 1 is 1.19 bits per heavy atom. The maximum Gasteiger partial charge on any atom is 0.263 e. The molecule has 2 aromatic heterocycles. The molecule has 0 spiro atoms. The molecule has 130 valence electrons. The topological polar surface area (TPSA) is 44.1 Å². The molecule has 0 aliphatic heterocycles. The summed E-state index contributed by atoms with van der Waals surface area (Å²) in [5, 5.41) is 3.27. The molecule has 0 radical (unpaired) electrons. The Bertz CT molecular complexity index is 1130. The lowest BCUT2D eigenvalue weighted by Gasteiger charge is -2.07. The normalized spacial score (nSPS) is 11.0. The van der Waals surface area contributed by atoms with Gasteiger partial charge < -0.3 is 4.74 Å². The van der Waals surface area contributed by atoms with Crippen LogP contribution in [0.15, 0.2) is 65.0 Å². The van der Waals surface area contributed by atoms with Crippen molar-refractivity contribution in [1.82, 2.24) is 9.55 Å². The summed E-state index contributed by atoms with van der Waals surface area (Å²) in [6, 6.07) is 15.2. The summed E-state index contributed by atoms with van der Waals surface area (Å²) in [6.45, 7) is 0.431. The van der Waals surface area contributed by atoms with Crippen LogP contribution in [0.3, 0.4) is 0 Å². The Balaban J connectivity index is 1.80. The van der Waals surface area contributed by atoms with Crippen molar-refractivity contribution in [3.8, 4) is 16.9 Å². The molecule has 0 fully saturated rings. The van der Waals surface area contributed by atoms with Crippen LogP contribution in [0, 0.1) is 0 Å². The fourth-order valence-electron chi connectivity index (χ4n) is 2.90. The maximum absolute atomic E-state index is 13.1. The van der Waals surface area contributed by atoms with Crippen molar-refractivity contribution in [2.75, 3.05) is 7.11 Å². The fourth-order valence-corrected chi connectivity index (χ4v) is 4.01. The first-order valence-corrected chi connectivity index (χ1v) is 9.27. The third kappa shape index (κ3) is 3.11. The SMILES string of the molecule is COc1ccc(-c2csc3ncn(Cc4cccc(Cl)c4)c(=O)c23)cc1. The highest BCUT2D eigenvalue weighted by atomic mass is 35.5. The van der Waals surface area contributed by atoms with E-state index in [0.717, 1.165) is 27.3 Å². The van der Waals surface area contributed by atoms with E-state index in [0.29, 0.717) is 17.0 Å². The van der Waals surface area contributed by atoms with Gasteiger partial charge in [-0.15, -0.1) is 11.3 Å². The van der Waals surface area contributed by atoms with Gasteiger partial charge in [-0.05, 0) is 35.4 Å². The average Bonchev–Trinajstić information content (AvgIpc) is 3.09. The summed E-state index contributed by atoms with van der Waals surface area (Å²) < 4.78 is 6.83. The van der Waals surface area contributed by atoms with E-state index in [1.54, 1.807) is 18.0 Å². The second kappa shape index (κ2) is 6.94. The molecule has 2 aromatic carbocycles. The summed E-state index contributed by atoms with van der Waals surface area (Å²) in [5.41, 5.74) is 2.77. The summed E-state index contributed by atoms with van der Waals surface area (Å²) in [7, 11) is 1.63. The van der Waals surface area contributed by atoms with Gasteiger partial charge in [0.1, 0.15) is 10.6 Å². The fraction of sp³-hybridized carbons (Fsp3) is 0.100. The summed E-state index contributed by atoms with van der Waals surface area (Å²) in [4.78, 5) is 18.3. The molecule has 0 amide bonds. The van der Waals surface area contributed by atoms with Crippen LogP contribution in [0.5, 0.6) is 5.75 Å². The van der Waals surface area contributed by atoms with E-state index in [-0.39, 0.29) is 5.56 Å². The number of benzene rings is 2. The minimum Gasteiger partial charge on any atom is -0.497 e. The van der Waals surface area contributed by atoms with Crippen molar-refractivity contribution in [1.29, 1.82) is 0 Å². The first kappa shape index (κ1) is 16.8. The van der Waals surface area contributed by atoms with Gasteiger partial charge in [0.05, 0.1) is 25.4 Å². The molecule has 0 aliphatic rings. The third-order valence-electron chi connectivity index (χ3n) is 4.20. The minimum atomic E-state index is -0.0537. The van der Waals surface area contributed by atoms with Gasteiger partial charge in [0.15, 0.2) is 0 Å². The van der Waals surface area contributed by atoms with Crippen LogP contribution in [0.4, 0.5) is 0 Å². The van der Waals surface area contributed by atoms with Gasteiger partial charge >= 0.3 is 0 Å². The lowest BCUT2D eigenvalue weighted by Crippen LogP contribution is -2.20. The Kier molecular flexibility index (Phi) is 4.49. The lowest BCUT2D eigenvalue weighted by atomic mass is 10.1. The van der Waals surface area contributed by atoms with Gasteiger partial charge in [0, 0.05) is 16.0 Å². The van der Waals surface area contributed by atoms with Crippen molar-refractivity contribution in [2.24, 2.45) is 0 Å². The smallest absolute Gasteiger partial charge is 0.263 e. The Labute approximate surface area is 159 Å². The molecule has 6 heteroatoms. The van der Waals surface area contributed by atoms with Crippen LogP contribution in [0.2, 0.25) is 5.02 Å². The van der Waals surface area contributed by atoms with Crippen LogP contribution >= 0.6 is 22.9 Å². The average molecular weight is 383 g/mol. The van der Waals surface area contributed by atoms with E-state index in [1.165, 1.54) is 11.3 Å². The zero-order valence-electron chi connectivity index (χ0n) is 14.0. The predicted molar refractivity (Wildman–Crippen MR) is 106 cm³/mol. The number of aromatic nitrogens is 2. The zero-order chi connectivity index (χ0) is 18.1. The van der Waals surface area contributed by atoms with Crippen LogP contribution < -0.4 is 10.3 Å². The maximum atomic E-state index is 13.1. The number of halogens is 1. The minimum absolute atomic E-state index is 0.0537. The number of hydrogen-bond acceptors (Lipinski definition) is 4. The molecule has 26 heavy (non-hydrogen) atoms. The van der Waals surface area contributed by atoms with Crippen molar-refractivity contribution >= 4 is 33.2 Å². The molecule has 4 rings (SSSR count). The van der Waals surface area contributed by atoms with E-state index in [4.69, 9.17) is 16.3 Å². The van der Waals surface area contributed by atoms with Crippen LogP contribution in [-0.2, 0) is 6.54 Å². The molecule has 0 saturated carbocycles. The van der Waals surface area contributed by atoms with Gasteiger partial charge in [-0.2, -0.15) is 0 Å². The van der Waals surface area contributed by atoms with E-state index in [9.17, 15) is 4.79 Å². The first-order chi connectivity index (χ1) is 12.7. The van der Waals surface area contributed by atoms with Gasteiger partial charge in [0.2, 0.25) is 0 Å². The Morgan fingerprint density at radius 3 is 2.73 bits per heavy atom. The number of thiophene rings is 1. The van der Waals surface area contributed by atoms with E-state index < -0.39 is 0 Å². The van der Waals surface area contributed by atoms with E-state index in [2.05, 4.69) is 4.98 Å². The molecule has 0 bridgehead atoms. The second-order valence-corrected chi connectivity index (χ2v) is 7.16. The predicted octanol–water partition coefficient (Wildman–Crippen LogP) is 4.84. The van der Waals surface area contributed by atoms with Crippen molar-refractivity contribution in [2.45, 2.75) is 6.54 Å². The van der Waals surface area contributed by atoms with E-state index in [1.807, 2.05) is 53.9 Å².